The Bertz CT molecular complexity index is 313. The molecule has 0 aromatic rings. The normalized spacial score (nSPS) is 28.9. The second kappa shape index (κ2) is 7.38. The molecule has 1 amide bonds. The molecule has 2 saturated heterocycles. The first kappa shape index (κ1) is 15.7. The minimum absolute atomic E-state index is 0.192. The highest BCUT2D eigenvalue weighted by molar-refractivity contribution is 5.79. The van der Waals surface area contributed by atoms with Gasteiger partial charge in [0.2, 0.25) is 5.91 Å². The molecule has 0 bridgehead atoms. The van der Waals surface area contributed by atoms with Gasteiger partial charge in [0.1, 0.15) is 0 Å². The molecule has 2 unspecified atom stereocenters. The number of nitrogens with zero attached hydrogens (tertiary/aromatic N) is 3. The maximum absolute atomic E-state index is 12.6. The summed E-state index contributed by atoms with van der Waals surface area (Å²) in [5, 5.41) is 3.43. The van der Waals surface area contributed by atoms with Gasteiger partial charge >= 0.3 is 0 Å². The van der Waals surface area contributed by atoms with Crippen LogP contribution in [0, 0.1) is 5.92 Å². The summed E-state index contributed by atoms with van der Waals surface area (Å²) < 4.78 is 0. The average Bonchev–Trinajstić information content (AvgIpc) is 2.45. The lowest BCUT2D eigenvalue weighted by Gasteiger charge is -2.39. The first-order chi connectivity index (χ1) is 9.58. The number of carbonyl (C=O) groups excluding carboxylic acids is 1. The number of nitrogens with one attached hydrogen (secondary N) is 1. The third-order valence-corrected chi connectivity index (χ3v) is 4.63. The van der Waals surface area contributed by atoms with Crippen LogP contribution in [0.4, 0.5) is 0 Å². The van der Waals surface area contributed by atoms with E-state index in [0.717, 1.165) is 58.7 Å². The Morgan fingerprint density at radius 2 is 1.95 bits per heavy atom. The molecule has 2 aliphatic heterocycles. The molecule has 0 aromatic heterocycles. The van der Waals surface area contributed by atoms with Crippen molar-refractivity contribution in [2.45, 2.75) is 25.8 Å². The van der Waals surface area contributed by atoms with Crippen LogP contribution in [0.1, 0.15) is 19.8 Å². The van der Waals surface area contributed by atoms with Crippen molar-refractivity contribution < 1.29 is 4.79 Å². The molecule has 0 aromatic carbocycles. The van der Waals surface area contributed by atoms with Gasteiger partial charge in [0, 0.05) is 45.3 Å². The van der Waals surface area contributed by atoms with E-state index in [-0.39, 0.29) is 5.92 Å². The largest absolute Gasteiger partial charge is 0.340 e. The lowest BCUT2D eigenvalue weighted by atomic mass is 9.90. The topological polar surface area (TPSA) is 38.8 Å². The Kier molecular flexibility index (Phi) is 5.81. The van der Waals surface area contributed by atoms with E-state index < -0.39 is 0 Å². The highest BCUT2D eigenvalue weighted by Crippen LogP contribution is 2.19. The van der Waals surface area contributed by atoms with Crippen LogP contribution in [-0.4, -0.2) is 86.6 Å². The van der Waals surface area contributed by atoms with Gasteiger partial charge in [0.05, 0.1) is 5.92 Å². The fourth-order valence-corrected chi connectivity index (χ4v) is 3.15. The smallest absolute Gasteiger partial charge is 0.227 e. The van der Waals surface area contributed by atoms with E-state index in [4.69, 9.17) is 0 Å². The van der Waals surface area contributed by atoms with Crippen molar-refractivity contribution in [2.24, 2.45) is 5.92 Å². The maximum Gasteiger partial charge on any atom is 0.227 e. The van der Waals surface area contributed by atoms with Crippen LogP contribution in [-0.2, 0) is 4.79 Å². The fourth-order valence-electron chi connectivity index (χ4n) is 3.15. The molecule has 2 rings (SSSR count). The van der Waals surface area contributed by atoms with Crippen molar-refractivity contribution in [1.29, 1.82) is 0 Å². The number of hydrogen-bond acceptors (Lipinski definition) is 4. The van der Waals surface area contributed by atoms with Crippen LogP contribution in [0.15, 0.2) is 0 Å². The van der Waals surface area contributed by atoms with Gasteiger partial charge < -0.3 is 15.1 Å². The first-order valence-electron chi connectivity index (χ1n) is 7.97. The summed E-state index contributed by atoms with van der Waals surface area (Å²) in [6, 6.07) is 0.336. The van der Waals surface area contributed by atoms with Gasteiger partial charge in [0.15, 0.2) is 0 Å². The second-order valence-corrected chi connectivity index (χ2v) is 6.46. The number of piperidine rings is 1. The molecule has 5 heteroatoms. The van der Waals surface area contributed by atoms with Gasteiger partial charge in [-0.2, -0.15) is 0 Å². The van der Waals surface area contributed by atoms with E-state index >= 15 is 0 Å². The second-order valence-electron chi connectivity index (χ2n) is 6.46. The van der Waals surface area contributed by atoms with Crippen LogP contribution in [0.25, 0.3) is 0 Å². The van der Waals surface area contributed by atoms with E-state index in [1.807, 2.05) is 0 Å². The number of rotatable bonds is 4. The SMILES string of the molecule is CC1NCCCC1C(=O)N1CCN(CCN(C)C)CC1. The van der Waals surface area contributed by atoms with Gasteiger partial charge in [0.25, 0.3) is 0 Å². The Morgan fingerprint density at radius 3 is 2.55 bits per heavy atom. The molecule has 2 fully saturated rings. The molecular formula is C15H30N4O. The maximum atomic E-state index is 12.6. The van der Waals surface area contributed by atoms with Gasteiger partial charge in [-0.25, -0.2) is 0 Å². The zero-order chi connectivity index (χ0) is 14.5. The summed E-state index contributed by atoms with van der Waals surface area (Å²) in [7, 11) is 4.22. The van der Waals surface area contributed by atoms with Crippen molar-refractivity contribution in [3.8, 4) is 0 Å². The highest BCUT2D eigenvalue weighted by atomic mass is 16.2. The van der Waals surface area contributed by atoms with Crippen molar-refractivity contribution >= 4 is 5.91 Å². The number of piperazine rings is 1. The first-order valence-corrected chi connectivity index (χ1v) is 7.97. The molecule has 0 aliphatic carbocycles. The molecule has 1 N–H and O–H groups in total. The quantitative estimate of drug-likeness (QED) is 0.793. The summed E-state index contributed by atoms with van der Waals surface area (Å²) in [6.07, 6.45) is 2.18. The van der Waals surface area contributed by atoms with Crippen molar-refractivity contribution in [3.63, 3.8) is 0 Å². The van der Waals surface area contributed by atoms with Crippen LogP contribution in [0.3, 0.4) is 0 Å². The van der Waals surface area contributed by atoms with Crippen LogP contribution >= 0.6 is 0 Å². The highest BCUT2D eigenvalue weighted by Gasteiger charge is 2.32. The predicted molar refractivity (Wildman–Crippen MR) is 81.8 cm³/mol. The summed E-state index contributed by atoms with van der Waals surface area (Å²) in [5.41, 5.74) is 0. The zero-order valence-corrected chi connectivity index (χ0v) is 13.3. The summed E-state index contributed by atoms with van der Waals surface area (Å²) in [4.78, 5) is 19.4. The molecular weight excluding hydrogens is 252 g/mol. The minimum Gasteiger partial charge on any atom is -0.340 e. The molecule has 2 heterocycles. The summed E-state index contributed by atoms with van der Waals surface area (Å²) >= 11 is 0. The van der Waals surface area contributed by atoms with E-state index in [2.05, 4.69) is 41.0 Å². The van der Waals surface area contributed by atoms with Crippen molar-refractivity contribution in [3.05, 3.63) is 0 Å². The molecule has 0 radical (unpaired) electrons. The lowest BCUT2D eigenvalue weighted by Crippen LogP contribution is -2.54. The van der Waals surface area contributed by atoms with Crippen LogP contribution < -0.4 is 5.32 Å². The molecule has 116 valence electrons. The van der Waals surface area contributed by atoms with Gasteiger partial charge in [-0.3, -0.25) is 9.69 Å². The Hall–Kier alpha value is -0.650. The van der Waals surface area contributed by atoms with E-state index in [1.54, 1.807) is 0 Å². The molecule has 0 spiro atoms. The summed E-state index contributed by atoms with van der Waals surface area (Å²) in [5.74, 6) is 0.564. The van der Waals surface area contributed by atoms with Crippen molar-refractivity contribution in [1.82, 2.24) is 20.0 Å². The Balaban J connectivity index is 1.76. The van der Waals surface area contributed by atoms with Crippen LogP contribution in [0.2, 0.25) is 0 Å². The van der Waals surface area contributed by atoms with Gasteiger partial charge in [-0.1, -0.05) is 0 Å². The average molecular weight is 282 g/mol. The monoisotopic (exact) mass is 282 g/mol. The number of carbonyl (C=O) groups is 1. The standard InChI is InChI=1S/C15H30N4O/c1-13-14(5-4-6-16-13)15(20)19-11-9-18(10-12-19)8-7-17(2)3/h13-14,16H,4-12H2,1-3H3. The van der Waals surface area contributed by atoms with E-state index in [1.165, 1.54) is 0 Å². The molecule has 2 atom stereocenters. The van der Waals surface area contributed by atoms with Gasteiger partial charge in [-0.15, -0.1) is 0 Å². The Labute approximate surface area is 123 Å². The third-order valence-electron chi connectivity index (χ3n) is 4.63. The predicted octanol–water partition coefficient (Wildman–Crippen LogP) is 0.0803. The summed E-state index contributed by atoms with van der Waals surface area (Å²) in [6.45, 7) is 9.25. The molecule has 2 aliphatic rings. The van der Waals surface area contributed by atoms with Crippen molar-refractivity contribution in [2.75, 3.05) is 59.9 Å². The molecule has 5 nitrogen and oxygen atoms in total. The van der Waals surface area contributed by atoms with E-state index in [0.29, 0.717) is 11.9 Å². The lowest BCUT2D eigenvalue weighted by molar-refractivity contribution is -0.139. The number of hydrogen-bond donors (Lipinski definition) is 1. The number of likely N-dealkylation sites (N-methyl/N-ethyl adjacent to an activating group) is 1. The number of amides is 1. The van der Waals surface area contributed by atoms with Gasteiger partial charge in [-0.05, 0) is 40.4 Å². The molecule has 20 heavy (non-hydrogen) atoms. The molecule has 0 saturated carbocycles. The fraction of sp³-hybridized carbons (Fsp3) is 0.933. The third kappa shape index (κ3) is 4.17. The zero-order valence-electron chi connectivity index (χ0n) is 13.3. The van der Waals surface area contributed by atoms with Crippen LogP contribution in [0.5, 0.6) is 0 Å². The van der Waals surface area contributed by atoms with E-state index in [9.17, 15) is 4.79 Å². The minimum atomic E-state index is 0.192. The Morgan fingerprint density at radius 1 is 1.25 bits per heavy atom.